The van der Waals surface area contributed by atoms with Gasteiger partial charge in [-0.3, -0.25) is 0 Å². The van der Waals surface area contributed by atoms with Crippen molar-refractivity contribution >= 4 is 27.0 Å². The van der Waals surface area contributed by atoms with Crippen molar-refractivity contribution in [1.82, 2.24) is 4.31 Å². The Hall–Kier alpha value is -1.37. The fraction of sp³-hybridized carbons (Fsp3) is 0.286. The van der Waals surface area contributed by atoms with Crippen LogP contribution >= 0.6 is 11.3 Å². The maximum atomic E-state index is 12.7. The third-order valence-corrected chi connectivity index (χ3v) is 6.28. The highest BCUT2D eigenvalue weighted by molar-refractivity contribution is 7.89. The second-order valence-electron chi connectivity index (χ2n) is 4.78. The fourth-order valence-corrected chi connectivity index (χ4v) is 4.53. The predicted octanol–water partition coefficient (Wildman–Crippen LogP) is 2.77. The van der Waals surface area contributed by atoms with E-state index in [0.29, 0.717) is 17.8 Å². The highest BCUT2D eigenvalue weighted by Crippen LogP contribution is 2.27. The molecule has 2 N–H and O–H groups in total. The summed E-state index contributed by atoms with van der Waals surface area (Å²) < 4.78 is 26.7. The number of sulfonamides is 1. The molecule has 1 heterocycles. The first-order valence-corrected chi connectivity index (χ1v) is 8.50. The average molecular weight is 310 g/mol. The van der Waals surface area contributed by atoms with Gasteiger partial charge in [-0.25, -0.2) is 8.42 Å². The van der Waals surface area contributed by atoms with E-state index in [1.807, 2.05) is 18.4 Å². The molecule has 2 aromatic rings. The summed E-state index contributed by atoms with van der Waals surface area (Å²) in [4.78, 5) is 1.25. The van der Waals surface area contributed by atoms with Crippen molar-refractivity contribution in [3.8, 4) is 0 Å². The van der Waals surface area contributed by atoms with Gasteiger partial charge < -0.3 is 5.73 Å². The van der Waals surface area contributed by atoms with Gasteiger partial charge in [0.05, 0.1) is 5.69 Å². The summed E-state index contributed by atoms with van der Waals surface area (Å²) in [6, 6.07) is 7.12. The molecular formula is C14H18N2O2S2. The molecule has 0 bridgehead atoms. The number of nitrogens with two attached hydrogens (primary N) is 1. The van der Waals surface area contributed by atoms with Crippen molar-refractivity contribution < 1.29 is 8.42 Å². The van der Waals surface area contributed by atoms with E-state index in [0.717, 1.165) is 10.4 Å². The van der Waals surface area contributed by atoms with Crippen LogP contribution in [0.25, 0.3) is 0 Å². The van der Waals surface area contributed by atoms with Crippen molar-refractivity contribution in [3.63, 3.8) is 0 Å². The van der Waals surface area contributed by atoms with Crippen LogP contribution in [0.3, 0.4) is 0 Å². The van der Waals surface area contributed by atoms with Crippen LogP contribution in [0.2, 0.25) is 0 Å². The predicted molar refractivity (Wildman–Crippen MR) is 83.3 cm³/mol. The molecule has 0 saturated heterocycles. The van der Waals surface area contributed by atoms with Gasteiger partial charge in [0.25, 0.3) is 0 Å². The van der Waals surface area contributed by atoms with E-state index in [9.17, 15) is 8.42 Å². The number of hydrogen-bond acceptors (Lipinski definition) is 4. The smallest absolute Gasteiger partial charge is 0.245 e. The SMILES string of the molecule is Cc1ccsc1CN(C)S(=O)(=O)c1c(C)cccc1N. The van der Waals surface area contributed by atoms with Gasteiger partial charge in [-0.05, 0) is 42.5 Å². The number of nitrogen functional groups attached to an aromatic ring is 1. The van der Waals surface area contributed by atoms with Crippen LogP contribution in [-0.2, 0) is 16.6 Å². The van der Waals surface area contributed by atoms with Gasteiger partial charge >= 0.3 is 0 Å². The summed E-state index contributed by atoms with van der Waals surface area (Å²) in [6.45, 7) is 4.10. The van der Waals surface area contributed by atoms with Crippen LogP contribution in [0.5, 0.6) is 0 Å². The first-order chi connectivity index (χ1) is 9.34. The van der Waals surface area contributed by atoms with E-state index < -0.39 is 10.0 Å². The zero-order valence-corrected chi connectivity index (χ0v) is 13.4. The molecular weight excluding hydrogens is 292 g/mol. The number of benzene rings is 1. The quantitative estimate of drug-likeness (QED) is 0.883. The highest BCUT2D eigenvalue weighted by Gasteiger charge is 2.25. The highest BCUT2D eigenvalue weighted by atomic mass is 32.2. The van der Waals surface area contributed by atoms with Gasteiger partial charge in [0.15, 0.2) is 0 Å². The number of aryl methyl sites for hydroxylation is 2. The Balaban J connectivity index is 2.38. The molecule has 0 aliphatic rings. The zero-order valence-electron chi connectivity index (χ0n) is 11.8. The van der Waals surface area contributed by atoms with Crippen molar-refractivity contribution in [3.05, 3.63) is 45.6 Å². The minimum Gasteiger partial charge on any atom is -0.398 e. The number of rotatable bonds is 4. The second kappa shape index (κ2) is 5.55. The van der Waals surface area contributed by atoms with Crippen LogP contribution in [0.1, 0.15) is 16.0 Å². The lowest BCUT2D eigenvalue weighted by Crippen LogP contribution is -2.27. The molecule has 0 aliphatic heterocycles. The van der Waals surface area contributed by atoms with Gasteiger partial charge in [-0.2, -0.15) is 4.31 Å². The normalized spacial score (nSPS) is 12.0. The summed E-state index contributed by atoms with van der Waals surface area (Å²) in [5.41, 5.74) is 7.91. The number of thiophene rings is 1. The molecule has 0 aliphatic carbocycles. The molecule has 0 atom stereocenters. The molecule has 2 rings (SSSR count). The van der Waals surface area contributed by atoms with Crippen molar-refractivity contribution in [2.45, 2.75) is 25.3 Å². The van der Waals surface area contributed by atoms with Crippen molar-refractivity contribution in [2.75, 3.05) is 12.8 Å². The average Bonchev–Trinajstić information content (AvgIpc) is 2.74. The van der Waals surface area contributed by atoms with E-state index >= 15 is 0 Å². The van der Waals surface area contributed by atoms with Crippen LogP contribution in [0.15, 0.2) is 34.5 Å². The number of anilines is 1. The number of hydrogen-bond donors (Lipinski definition) is 1. The maximum Gasteiger partial charge on any atom is 0.245 e. The Morgan fingerprint density at radius 3 is 2.45 bits per heavy atom. The van der Waals surface area contributed by atoms with Gasteiger partial charge in [0.2, 0.25) is 10.0 Å². The maximum absolute atomic E-state index is 12.7. The van der Waals surface area contributed by atoms with Crippen molar-refractivity contribution in [1.29, 1.82) is 0 Å². The lowest BCUT2D eigenvalue weighted by atomic mass is 10.2. The van der Waals surface area contributed by atoms with E-state index in [-0.39, 0.29) is 4.90 Å². The minimum absolute atomic E-state index is 0.205. The Morgan fingerprint density at radius 2 is 1.90 bits per heavy atom. The summed E-state index contributed by atoms with van der Waals surface area (Å²) in [5, 5.41) is 1.97. The lowest BCUT2D eigenvalue weighted by Gasteiger charge is -2.19. The zero-order chi connectivity index (χ0) is 14.9. The first kappa shape index (κ1) is 15.0. The van der Waals surface area contributed by atoms with E-state index in [1.165, 1.54) is 4.31 Å². The van der Waals surface area contributed by atoms with Crippen LogP contribution in [0, 0.1) is 13.8 Å². The molecule has 6 heteroatoms. The summed E-state index contributed by atoms with van der Waals surface area (Å²) >= 11 is 1.56. The molecule has 1 aromatic carbocycles. The van der Waals surface area contributed by atoms with E-state index in [4.69, 9.17) is 5.73 Å². The van der Waals surface area contributed by atoms with Gasteiger partial charge in [-0.15, -0.1) is 11.3 Å². The Bertz CT molecular complexity index is 700. The molecule has 0 radical (unpaired) electrons. The summed E-state index contributed by atoms with van der Waals surface area (Å²) in [7, 11) is -1.99. The first-order valence-electron chi connectivity index (χ1n) is 6.18. The molecule has 1 aromatic heterocycles. The molecule has 0 amide bonds. The molecule has 0 fully saturated rings. The molecule has 0 spiro atoms. The fourth-order valence-electron chi connectivity index (χ4n) is 2.04. The molecule has 108 valence electrons. The Kier molecular flexibility index (Phi) is 4.17. The monoisotopic (exact) mass is 310 g/mol. The van der Waals surface area contributed by atoms with Gasteiger partial charge in [-0.1, -0.05) is 12.1 Å². The standard InChI is InChI=1S/C14H18N2O2S2/c1-10-7-8-19-13(10)9-16(3)20(17,18)14-11(2)5-4-6-12(14)15/h4-8H,9,15H2,1-3H3. The lowest BCUT2D eigenvalue weighted by molar-refractivity contribution is 0.469. The van der Waals surface area contributed by atoms with Gasteiger partial charge in [0.1, 0.15) is 4.90 Å². The van der Waals surface area contributed by atoms with Crippen molar-refractivity contribution in [2.24, 2.45) is 0 Å². The molecule has 0 saturated carbocycles. The van der Waals surface area contributed by atoms with Crippen LogP contribution in [-0.4, -0.2) is 19.8 Å². The second-order valence-corrected chi connectivity index (χ2v) is 7.76. The minimum atomic E-state index is -3.58. The Morgan fingerprint density at radius 1 is 1.20 bits per heavy atom. The molecule has 4 nitrogen and oxygen atoms in total. The van der Waals surface area contributed by atoms with E-state index in [1.54, 1.807) is 43.5 Å². The molecule has 20 heavy (non-hydrogen) atoms. The Labute approximate surface area is 123 Å². The van der Waals surface area contributed by atoms with E-state index in [2.05, 4.69) is 0 Å². The van der Waals surface area contributed by atoms with Crippen LogP contribution in [0.4, 0.5) is 5.69 Å². The third-order valence-electron chi connectivity index (χ3n) is 3.25. The largest absolute Gasteiger partial charge is 0.398 e. The topological polar surface area (TPSA) is 63.4 Å². The van der Waals surface area contributed by atoms with Gasteiger partial charge in [0, 0.05) is 18.5 Å². The van der Waals surface area contributed by atoms with Crippen LogP contribution < -0.4 is 5.73 Å². The molecule has 0 unspecified atom stereocenters. The summed E-state index contributed by atoms with van der Waals surface area (Å²) in [6.07, 6.45) is 0. The summed E-state index contributed by atoms with van der Waals surface area (Å²) in [5.74, 6) is 0. The number of nitrogens with zero attached hydrogens (tertiary/aromatic N) is 1. The third kappa shape index (κ3) is 2.72.